The summed E-state index contributed by atoms with van der Waals surface area (Å²) in [5.41, 5.74) is 1.28. The third kappa shape index (κ3) is 5.66. The molecule has 0 aliphatic carbocycles. The minimum absolute atomic E-state index is 0.137. The molecule has 0 atom stereocenters. The maximum absolute atomic E-state index is 12.7. The molecule has 1 amide bonds. The number of fused-ring (bicyclic) bond motifs is 1. The van der Waals surface area contributed by atoms with Gasteiger partial charge < -0.3 is 10.1 Å². The molecule has 1 N–H and O–H groups in total. The van der Waals surface area contributed by atoms with Crippen LogP contribution < -0.4 is 10.1 Å². The number of aromatic nitrogens is 1. The van der Waals surface area contributed by atoms with Crippen molar-refractivity contribution < 1.29 is 14.5 Å². The summed E-state index contributed by atoms with van der Waals surface area (Å²) in [5, 5.41) is 24.0. The molecule has 0 saturated heterocycles. The predicted octanol–water partition coefficient (Wildman–Crippen LogP) is 6.30. The first-order valence-electron chi connectivity index (χ1n) is 10.5. The van der Waals surface area contributed by atoms with E-state index in [1.165, 1.54) is 35.2 Å². The standard InChI is InChI=1S/C25H18N4O4S2/c1-2-33-21-9-5-3-7-18(21)27-24(30)17(15-26)13-16-11-12-23(20(14-16)29(31)32)35-25-28-19-8-4-6-10-22(19)34-25/h3-14H,2H2,1H3,(H,27,30). The fourth-order valence-corrected chi connectivity index (χ4v) is 5.31. The van der Waals surface area contributed by atoms with Crippen molar-refractivity contribution in [2.45, 2.75) is 16.2 Å². The number of carbonyl (C=O) groups is 1. The summed E-state index contributed by atoms with van der Waals surface area (Å²) in [7, 11) is 0. The molecule has 4 aromatic rings. The highest BCUT2D eigenvalue weighted by Gasteiger charge is 2.19. The first kappa shape index (κ1) is 23.9. The fraction of sp³-hybridized carbons (Fsp3) is 0.0800. The summed E-state index contributed by atoms with van der Waals surface area (Å²) in [4.78, 5) is 28.9. The molecule has 0 unspecified atom stereocenters. The topological polar surface area (TPSA) is 118 Å². The number of rotatable bonds is 8. The van der Waals surface area contributed by atoms with E-state index < -0.39 is 10.8 Å². The highest BCUT2D eigenvalue weighted by molar-refractivity contribution is 8.01. The summed E-state index contributed by atoms with van der Waals surface area (Å²) in [6.07, 6.45) is 1.32. The number of nitro groups is 1. The van der Waals surface area contributed by atoms with Crippen LogP contribution in [0.1, 0.15) is 12.5 Å². The maximum atomic E-state index is 12.7. The van der Waals surface area contributed by atoms with Crippen LogP contribution in [0.2, 0.25) is 0 Å². The summed E-state index contributed by atoms with van der Waals surface area (Å²) in [6.45, 7) is 2.24. The van der Waals surface area contributed by atoms with Gasteiger partial charge in [0.1, 0.15) is 17.4 Å². The summed E-state index contributed by atoms with van der Waals surface area (Å²) >= 11 is 2.65. The van der Waals surface area contributed by atoms with Crippen molar-refractivity contribution in [1.82, 2.24) is 4.98 Å². The Kier molecular flexibility index (Phi) is 7.40. The molecule has 0 aliphatic heterocycles. The molecule has 10 heteroatoms. The van der Waals surface area contributed by atoms with Gasteiger partial charge in [0, 0.05) is 6.07 Å². The molecule has 0 aliphatic rings. The van der Waals surface area contributed by atoms with Gasteiger partial charge in [0.15, 0.2) is 4.34 Å². The number of carbonyl (C=O) groups excluding carboxylic acids is 1. The Morgan fingerprint density at radius 2 is 2.00 bits per heavy atom. The molecule has 3 aromatic carbocycles. The molecule has 0 fully saturated rings. The normalized spacial score (nSPS) is 11.1. The molecule has 0 radical (unpaired) electrons. The van der Waals surface area contributed by atoms with Gasteiger partial charge in [-0.3, -0.25) is 14.9 Å². The average molecular weight is 503 g/mol. The number of nitro benzene ring substituents is 1. The van der Waals surface area contributed by atoms with E-state index in [-0.39, 0.29) is 11.3 Å². The van der Waals surface area contributed by atoms with Crippen LogP contribution in [0.3, 0.4) is 0 Å². The minimum atomic E-state index is -0.643. The van der Waals surface area contributed by atoms with Gasteiger partial charge in [-0.05, 0) is 48.9 Å². The molecule has 4 rings (SSSR count). The highest BCUT2D eigenvalue weighted by Crippen LogP contribution is 2.39. The van der Waals surface area contributed by atoms with Crippen molar-refractivity contribution in [3.8, 4) is 11.8 Å². The van der Waals surface area contributed by atoms with Gasteiger partial charge in [-0.1, -0.05) is 42.1 Å². The van der Waals surface area contributed by atoms with Gasteiger partial charge in [0.25, 0.3) is 11.6 Å². The molecule has 0 bridgehead atoms. The van der Waals surface area contributed by atoms with Gasteiger partial charge >= 0.3 is 0 Å². The number of nitrogens with one attached hydrogen (secondary N) is 1. The SMILES string of the molecule is CCOc1ccccc1NC(=O)C(C#N)=Cc1ccc(Sc2nc3ccccc3s2)c([N+](=O)[O-])c1. The minimum Gasteiger partial charge on any atom is -0.492 e. The molecule has 174 valence electrons. The number of thiazole rings is 1. The van der Waals surface area contributed by atoms with Crippen molar-refractivity contribution >= 4 is 56.7 Å². The predicted molar refractivity (Wildman–Crippen MR) is 137 cm³/mol. The number of hydrogen-bond acceptors (Lipinski definition) is 8. The van der Waals surface area contributed by atoms with E-state index in [2.05, 4.69) is 10.3 Å². The highest BCUT2D eigenvalue weighted by atomic mass is 32.2. The third-order valence-corrected chi connectivity index (χ3v) is 6.92. The number of anilines is 1. The van der Waals surface area contributed by atoms with E-state index in [1.54, 1.807) is 36.4 Å². The lowest BCUT2D eigenvalue weighted by Gasteiger charge is -2.10. The molecule has 8 nitrogen and oxygen atoms in total. The lowest BCUT2D eigenvalue weighted by molar-refractivity contribution is -0.387. The second-order valence-electron chi connectivity index (χ2n) is 7.09. The Balaban J connectivity index is 1.59. The van der Waals surface area contributed by atoms with Crippen LogP contribution in [0, 0.1) is 21.4 Å². The lowest BCUT2D eigenvalue weighted by Crippen LogP contribution is -2.14. The van der Waals surface area contributed by atoms with Crippen molar-refractivity contribution in [3.05, 3.63) is 88.0 Å². The quantitative estimate of drug-likeness (QED) is 0.130. The van der Waals surface area contributed by atoms with Crippen molar-refractivity contribution in [2.24, 2.45) is 0 Å². The van der Waals surface area contributed by atoms with E-state index in [0.717, 1.165) is 10.2 Å². The van der Waals surface area contributed by atoms with Gasteiger partial charge in [0.05, 0.1) is 32.3 Å². The smallest absolute Gasteiger partial charge is 0.283 e. The Bertz CT molecular complexity index is 1460. The number of ether oxygens (including phenoxy) is 1. The van der Waals surface area contributed by atoms with E-state index in [0.29, 0.717) is 32.8 Å². The maximum Gasteiger partial charge on any atom is 0.283 e. The van der Waals surface area contributed by atoms with Gasteiger partial charge in [-0.25, -0.2) is 4.98 Å². The summed E-state index contributed by atoms with van der Waals surface area (Å²) in [5.74, 6) is -0.164. The van der Waals surface area contributed by atoms with Crippen LogP contribution in [0.4, 0.5) is 11.4 Å². The van der Waals surface area contributed by atoms with E-state index in [4.69, 9.17) is 4.74 Å². The van der Waals surface area contributed by atoms with Gasteiger partial charge in [-0.15, -0.1) is 11.3 Å². The van der Waals surface area contributed by atoms with Gasteiger partial charge in [-0.2, -0.15) is 5.26 Å². The molecule has 1 aromatic heterocycles. The zero-order valence-electron chi connectivity index (χ0n) is 18.4. The number of hydrogen-bond donors (Lipinski definition) is 1. The Morgan fingerprint density at radius 3 is 2.74 bits per heavy atom. The summed E-state index contributed by atoms with van der Waals surface area (Å²) < 4.78 is 7.17. The zero-order chi connectivity index (χ0) is 24.8. The Labute approximate surface area is 209 Å². The largest absolute Gasteiger partial charge is 0.492 e. The molecular formula is C25H18N4O4S2. The lowest BCUT2D eigenvalue weighted by atomic mass is 10.1. The summed E-state index contributed by atoms with van der Waals surface area (Å²) in [6, 6.07) is 20.9. The molecule has 1 heterocycles. The number of para-hydroxylation sites is 3. The Morgan fingerprint density at radius 1 is 1.23 bits per heavy atom. The van der Waals surface area contributed by atoms with Crippen molar-refractivity contribution in [2.75, 3.05) is 11.9 Å². The van der Waals surface area contributed by atoms with Crippen molar-refractivity contribution in [1.29, 1.82) is 5.26 Å². The number of nitriles is 1. The van der Waals surface area contributed by atoms with E-state index >= 15 is 0 Å². The van der Waals surface area contributed by atoms with Crippen LogP contribution >= 0.6 is 23.1 Å². The van der Waals surface area contributed by atoms with Crippen LogP contribution in [-0.4, -0.2) is 22.4 Å². The average Bonchev–Trinajstić information content (AvgIpc) is 3.27. The number of amides is 1. The first-order valence-corrected chi connectivity index (χ1v) is 12.1. The number of benzene rings is 3. The third-order valence-electron chi connectivity index (χ3n) is 4.76. The monoisotopic (exact) mass is 502 g/mol. The molecule has 35 heavy (non-hydrogen) atoms. The van der Waals surface area contributed by atoms with Gasteiger partial charge in [0.2, 0.25) is 0 Å². The molecular weight excluding hydrogens is 484 g/mol. The second kappa shape index (κ2) is 10.8. The molecule has 0 spiro atoms. The molecule has 0 saturated carbocycles. The van der Waals surface area contributed by atoms with Crippen LogP contribution in [-0.2, 0) is 4.79 Å². The first-order chi connectivity index (χ1) is 17.0. The van der Waals surface area contributed by atoms with E-state index in [9.17, 15) is 20.2 Å². The number of nitrogens with zero attached hydrogens (tertiary/aromatic N) is 3. The van der Waals surface area contributed by atoms with Crippen molar-refractivity contribution in [3.63, 3.8) is 0 Å². The van der Waals surface area contributed by atoms with Crippen LogP contribution in [0.15, 0.2) is 81.5 Å². The second-order valence-corrected chi connectivity index (χ2v) is 9.41. The van der Waals surface area contributed by atoms with Crippen LogP contribution in [0.5, 0.6) is 5.75 Å². The van der Waals surface area contributed by atoms with Crippen LogP contribution in [0.25, 0.3) is 16.3 Å². The fourth-order valence-electron chi connectivity index (χ4n) is 3.20. The Hall–Kier alpha value is -4.20. The van der Waals surface area contributed by atoms with E-state index in [1.807, 2.05) is 37.3 Å². The zero-order valence-corrected chi connectivity index (χ0v) is 20.1.